The molecule has 0 aromatic heterocycles. The molecule has 5 heteroatoms. The van der Waals surface area contributed by atoms with Crippen molar-refractivity contribution in [2.75, 3.05) is 6.61 Å². The molecule has 0 aliphatic carbocycles. The standard InChI is InChI=1S/C16H18O5/c1-2-3-4-5-6-9-20-14(17)11-7-8-12-13(10-11)16(19)21-15(12)18/h7-8,10H,2-6,9H2,1H3. The number of cyclic esters (lactones) is 2. The van der Waals surface area contributed by atoms with E-state index in [1.807, 2.05) is 0 Å². The highest BCUT2D eigenvalue weighted by Crippen LogP contribution is 2.21. The number of ether oxygens (including phenoxy) is 2. The minimum Gasteiger partial charge on any atom is -0.462 e. The molecule has 0 saturated carbocycles. The summed E-state index contributed by atoms with van der Waals surface area (Å²) in [5.41, 5.74) is 0.572. The second kappa shape index (κ2) is 7.02. The Kier molecular flexibility index (Phi) is 5.09. The first-order valence-electron chi connectivity index (χ1n) is 7.21. The normalized spacial score (nSPS) is 13.0. The van der Waals surface area contributed by atoms with E-state index >= 15 is 0 Å². The van der Waals surface area contributed by atoms with E-state index in [2.05, 4.69) is 11.7 Å². The van der Waals surface area contributed by atoms with Gasteiger partial charge >= 0.3 is 17.9 Å². The second-order valence-electron chi connectivity index (χ2n) is 4.99. The first-order valence-corrected chi connectivity index (χ1v) is 7.21. The number of benzene rings is 1. The van der Waals surface area contributed by atoms with Gasteiger partial charge in [-0.25, -0.2) is 14.4 Å². The lowest BCUT2D eigenvalue weighted by molar-refractivity contribution is 0.0442. The summed E-state index contributed by atoms with van der Waals surface area (Å²) < 4.78 is 9.63. The molecular weight excluding hydrogens is 272 g/mol. The van der Waals surface area contributed by atoms with E-state index in [1.54, 1.807) is 0 Å². The SMILES string of the molecule is CCCCCCCOC(=O)c1ccc2c(c1)C(=O)OC2=O. The van der Waals surface area contributed by atoms with Crippen LogP contribution in [0.2, 0.25) is 0 Å². The summed E-state index contributed by atoms with van der Waals surface area (Å²) in [7, 11) is 0. The van der Waals surface area contributed by atoms with E-state index in [0.29, 0.717) is 6.61 Å². The number of fused-ring (bicyclic) bond motifs is 1. The highest BCUT2D eigenvalue weighted by atomic mass is 16.6. The maximum atomic E-state index is 11.9. The Morgan fingerprint density at radius 1 is 1.05 bits per heavy atom. The van der Waals surface area contributed by atoms with Gasteiger partial charge in [0.05, 0.1) is 23.3 Å². The third kappa shape index (κ3) is 3.68. The molecule has 2 rings (SSSR count). The summed E-state index contributed by atoms with van der Waals surface area (Å²) in [6.45, 7) is 2.51. The molecule has 0 atom stereocenters. The molecular formula is C16H18O5. The van der Waals surface area contributed by atoms with Crippen molar-refractivity contribution in [3.63, 3.8) is 0 Å². The van der Waals surface area contributed by atoms with E-state index < -0.39 is 17.9 Å². The zero-order valence-electron chi connectivity index (χ0n) is 12.0. The fourth-order valence-corrected chi connectivity index (χ4v) is 2.17. The smallest absolute Gasteiger partial charge is 0.346 e. The minimum atomic E-state index is -0.718. The summed E-state index contributed by atoms with van der Waals surface area (Å²) in [5, 5.41) is 0. The van der Waals surface area contributed by atoms with Crippen LogP contribution in [-0.4, -0.2) is 24.5 Å². The Balaban J connectivity index is 1.88. The predicted octanol–water partition coefficient (Wildman–Crippen LogP) is 3.12. The average Bonchev–Trinajstić information content (AvgIpc) is 2.77. The predicted molar refractivity (Wildman–Crippen MR) is 75.2 cm³/mol. The van der Waals surface area contributed by atoms with Crippen molar-refractivity contribution in [1.82, 2.24) is 0 Å². The lowest BCUT2D eigenvalue weighted by atomic mass is 10.1. The van der Waals surface area contributed by atoms with Gasteiger partial charge in [-0.1, -0.05) is 32.6 Å². The van der Waals surface area contributed by atoms with Gasteiger partial charge in [-0.2, -0.15) is 0 Å². The molecule has 0 saturated heterocycles. The molecule has 112 valence electrons. The van der Waals surface area contributed by atoms with Crippen molar-refractivity contribution in [2.45, 2.75) is 39.0 Å². The molecule has 0 N–H and O–H groups in total. The molecule has 1 aliphatic heterocycles. The topological polar surface area (TPSA) is 69.7 Å². The van der Waals surface area contributed by atoms with Gasteiger partial charge in [-0.05, 0) is 24.6 Å². The van der Waals surface area contributed by atoms with Crippen LogP contribution in [0, 0.1) is 0 Å². The Hall–Kier alpha value is -2.17. The summed E-state index contributed by atoms with van der Waals surface area (Å²) in [6, 6.07) is 4.24. The molecule has 0 radical (unpaired) electrons. The molecule has 1 aliphatic rings. The molecule has 0 spiro atoms. The van der Waals surface area contributed by atoms with Crippen molar-refractivity contribution in [3.05, 3.63) is 34.9 Å². The number of unbranched alkanes of at least 4 members (excludes halogenated alkanes) is 4. The van der Waals surface area contributed by atoms with Crippen molar-refractivity contribution in [2.24, 2.45) is 0 Å². The number of hydrogen-bond donors (Lipinski definition) is 0. The third-order valence-electron chi connectivity index (χ3n) is 3.36. The molecule has 0 bridgehead atoms. The second-order valence-corrected chi connectivity index (χ2v) is 4.99. The van der Waals surface area contributed by atoms with Gasteiger partial charge in [-0.3, -0.25) is 0 Å². The van der Waals surface area contributed by atoms with Crippen molar-refractivity contribution in [3.8, 4) is 0 Å². The van der Waals surface area contributed by atoms with Crippen LogP contribution in [-0.2, 0) is 9.47 Å². The number of carbonyl (C=O) groups excluding carboxylic acids is 3. The van der Waals surface area contributed by atoms with Gasteiger partial charge in [0.2, 0.25) is 0 Å². The monoisotopic (exact) mass is 290 g/mol. The van der Waals surface area contributed by atoms with Gasteiger partial charge in [-0.15, -0.1) is 0 Å². The molecule has 1 heterocycles. The summed E-state index contributed by atoms with van der Waals surface area (Å²) in [6.07, 6.45) is 5.36. The van der Waals surface area contributed by atoms with Crippen LogP contribution < -0.4 is 0 Å². The molecule has 1 aromatic carbocycles. The molecule has 0 amide bonds. The lowest BCUT2D eigenvalue weighted by Gasteiger charge is -2.05. The molecule has 1 aromatic rings. The van der Waals surface area contributed by atoms with Gasteiger partial charge in [0.1, 0.15) is 0 Å². The molecule has 0 unspecified atom stereocenters. The fraction of sp³-hybridized carbons (Fsp3) is 0.438. The van der Waals surface area contributed by atoms with Crippen LogP contribution in [0.5, 0.6) is 0 Å². The minimum absolute atomic E-state index is 0.123. The van der Waals surface area contributed by atoms with Crippen LogP contribution in [0.4, 0.5) is 0 Å². The third-order valence-corrected chi connectivity index (χ3v) is 3.36. The fourth-order valence-electron chi connectivity index (χ4n) is 2.17. The summed E-state index contributed by atoms with van der Waals surface area (Å²) in [4.78, 5) is 34.6. The number of carbonyl (C=O) groups is 3. The van der Waals surface area contributed by atoms with Crippen LogP contribution in [0.1, 0.15) is 70.1 Å². The zero-order valence-corrected chi connectivity index (χ0v) is 12.0. The maximum Gasteiger partial charge on any atom is 0.346 e. The first kappa shape index (κ1) is 15.2. The van der Waals surface area contributed by atoms with Gasteiger partial charge < -0.3 is 9.47 Å². The Labute approximate surface area is 123 Å². The first-order chi connectivity index (χ1) is 10.1. The van der Waals surface area contributed by atoms with Gasteiger partial charge in [0, 0.05) is 0 Å². The van der Waals surface area contributed by atoms with Crippen LogP contribution in [0.15, 0.2) is 18.2 Å². The van der Waals surface area contributed by atoms with E-state index in [1.165, 1.54) is 31.0 Å². The van der Waals surface area contributed by atoms with Crippen LogP contribution in [0.25, 0.3) is 0 Å². The Morgan fingerprint density at radius 3 is 2.52 bits per heavy atom. The molecule has 5 nitrogen and oxygen atoms in total. The van der Waals surface area contributed by atoms with E-state index in [-0.39, 0.29) is 16.7 Å². The number of rotatable bonds is 7. The van der Waals surface area contributed by atoms with Crippen molar-refractivity contribution >= 4 is 17.9 Å². The summed E-state index contributed by atoms with van der Waals surface area (Å²) >= 11 is 0. The number of esters is 3. The quantitative estimate of drug-likeness (QED) is 0.438. The highest BCUT2D eigenvalue weighted by Gasteiger charge is 2.30. The van der Waals surface area contributed by atoms with E-state index in [4.69, 9.17) is 4.74 Å². The Morgan fingerprint density at radius 2 is 1.76 bits per heavy atom. The van der Waals surface area contributed by atoms with Gasteiger partial charge in [0.25, 0.3) is 0 Å². The van der Waals surface area contributed by atoms with E-state index in [9.17, 15) is 14.4 Å². The largest absolute Gasteiger partial charge is 0.462 e. The zero-order chi connectivity index (χ0) is 15.2. The number of hydrogen-bond acceptors (Lipinski definition) is 5. The molecule has 0 fully saturated rings. The van der Waals surface area contributed by atoms with Crippen molar-refractivity contribution in [1.29, 1.82) is 0 Å². The lowest BCUT2D eigenvalue weighted by Crippen LogP contribution is -2.07. The maximum absolute atomic E-state index is 11.9. The van der Waals surface area contributed by atoms with E-state index in [0.717, 1.165) is 19.3 Å². The van der Waals surface area contributed by atoms with Gasteiger partial charge in [0.15, 0.2) is 0 Å². The highest BCUT2D eigenvalue weighted by molar-refractivity contribution is 6.15. The van der Waals surface area contributed by atoms with Crippen molar-refractivity contribution < 1.29 is 23.9 Å². The average molecular weight is 290 g/mol. The summed E-state index contributed by atoms with van der Waals surface area (Å²) in [5.74, 6) is -1.88. The van der Waals surface area contributed by atoms with Crippen LogP contribution >= 0.6 is 0 Å². The molecule has 21 heavy (non-hydrogen) atoms. The Bertz CT molecular complexity index is 562. The van der Waals surface area contributed by atoms with Crippen LogP contribution in [0.3, 0.4) is 0 Å².